The molecular formula is C24H16O8. The van der Waals surface area contributed by atoms with Gasteiger partial charge in [0.25, 0.3) is 0 Å². The molecule has 2 aromatic rings. The van der Waals surface area contributed by atoms with E-state index >= 15 is 0 Å². The van der Waals surface area contributed by atoms with Gasteiger partial charge >= 0.3 is 0 Å². The fourth-order valence-corrected chi connectivity index (χ4v) is 2.86. The maximum absolute atomic E-state index is 12.7. The van der Waals surface area contributed by atoms with Crippen LogP contribution >= 0.6 is 0 Å². The molecule has 1 aliphatic carbocycles. The van der Waals surface area contributed by atoms with E-state index in [1.54, 1.807) is 0 Å². The summed E-state index contributed by atoms with van der Waals surface area (Å²) in [6.45, 7) is 0. The average molecular weight is 432 g/mol. The molecule has 0 heterocycles. The molecule has 0 aliphatic heterocycles. The lowest BCUT2D eigenvalue weighted by atomic mass is 9.96. The first-order valence-electron chi connectivity index (χ1n) is 9.17. The number of benzene rings is 2. The van der Waals surface area contributed by atoms with Crippen LogP contribution in [0.2, 0.25) is 0 Å². The fraction of sp³-hybridized carbons (Fsp3) is 0. The van der Waals surface area contributed by atoms with Crippen LogP contribution in [-0.2, 0) is 9.59 Å². The number of phenolic OH excluding ortho intramolecular Hbond substituents is 4. The van der Waals surface area contributed by atoms with E-state index in [1.165, 1.54) is 36.4 Å². The Morgan fingerprint density at radius 2 is 1.22 bits per heavy atom. The van der Waals surface area contributed by atoms with Crippen LogP contribution in [0, 0.1) is 0 Å². The van der Waals surface area contributed by atoms with Crippen molar-refractivity contribution in [2.24, 2.45) is 0 Å². The first-order valence-corrected chi connectivity index (χ1v) is 9.17. The van der Waals surface area contributed by atoms with Gasteiger partial charge in [0.15, 0.2) is 23.1 Å². The molecule has 1 aliphatic rings. The van der Waals surface area contributed by atoms with Crippen molar-refractivity contribution >= 4 is 29.2 Å². The fourth-order valence-electron chi connectivity index (χ4n) is 2.86. The van der Waals surface area contributed by atoms with Crippen molar-refractivity contribution in [2.75, 3.05) is 0 Å². The van der Waals surface area contributed by atoms with Crippen molar-refractivity contribution in [1.82, 2.24) is 0 Å². The van der Waals surface area contributed by atoms with Crippen molar-refractivity contribution in [2.45, 2.75) is 0 Å². The lowest BCUT2D eigenvalue weighted by Crippen LogP contribution is -2.11. The topological polar surface area (TPSA) is 149 Å². The quantitative estimate of drug-likeness (QED) is 0.136. The van der Waals surface area contributed by atoms with Crippen molar-refractivity contribution in [3.8, 4) is 23.0 Å². The van der Waals surface area contributed by atoms with Crippen molar-refractivity contribution in [1.29, 1.82) is 0 Å². The molecule has 4 N–H and O–H groups in total. The molecule has 0 spiro atoms. The van der Waals surface area contributed by atoms with Crippen molar-refractivity contribution in [3.63, 3.8) is 0 Å². The summed E-state index contributed by atoms with van der Waals surface area (Å²) in [6.07, 6.45) is 7.96. The van der Waals surface area contributed by atoms with Gasteiger partial charge in [-0.1, -0.05) is 24.3 Å². The molecule has 3 rings (SSSR count). The first-order chi connectivity index (χ1) is 15.2. The molecule has 160 valence electrons. The molecule has 0 unspecified atom stereocenters. The van der Waals surface area contributed by atoms with Crippen LogP contribution in [0.5, 0.6) is 23.0 Å². The average Bonchev–Trinajstić information content (AvgIpc) is 2.76. The minimum atomic E-state index is -0.823. The number of ketones is 4. The molecule has 2 aromatic carbocycles. The molecule has 0 aromatic heterocycles. The van der Waals surface area contributed by atoms with Gasteiger partial charge in [-0.2, -0.15) is 0 Å². The number of hydrogen-bond donors (Lipinski definition) is 4. The van der Waals surface area contributed by atoms with Crippen LogP contribution in [-0.4, -0.2) is 43.6 Å². The van der Waals surface area contributed by atoms with Gasteiger partial charge < -0.3 is 20.4 Å². The Morgan fingerprint density at radius 1 is 0.656 bits per heavy atom. The largest absolute Gasteiger partial charge is 0.507 e. The zero-order chi connectivity index (χ0) is 23.4. The highest BCUT2D eigenvalue weighted by atomic mass is 16.3. The van der Waals surface area contributed by atoms with E-state index in [0.717, 1.165) is 36.4 Å². The Kier molecular flexibility index (Phi) is 6.16. The van der Waals surface area contributed by atoms with Crippen LogP contribution in [0.3, 0.4) is 0 Å². The zero-order valence-electron chi connectivity index (χ0n) is 16.4. The molecule has 0 fully saturated rings. The van der Waals surface area contributed by atoms with Crippen molar-refractivity contribution < 1.29 is 39.6 Å². The Balaban J connectivity index is 1.92. The Morgan fingerprint density at radius 3 is 1.78 bits per heavy atom. The molecule has 0 atom stereocenters. The maximum atomic E-state index is 12.7. The standard InChI is InChI=1S/C24H16O8/c25-15-5-1-13(11-21(15)31)3-7-17(27)23-19(29)9-10-20(30)24(23)18(28)8-4-14-2-6-16(26)22(32)12-14/h1-12,25,29-31H. The van der Waals surface area contributed by atoms with Crippen LogP contribution in [0.15, 0.2) is 72.4 Å². The molecule has 8 heteroatoms. The van der Waals surface area contributed by atoms with Gasteiger partial charge in [0.05, 0.1) is 11.1 Å². The van der Waals surface area contributed by atoms with E-state index in [2.05, 4.69) is 0 Å². The predicted molar refractivity (Wildman–Crippen MR) is 114 cm³/mol. The van der Waals surface area contributed by atoms with Gasteiger partial charge in [-0.25, -0.2) is 0 Å². The summed E-state index contributed by atoms with van der Waals surface area (Å²) in [6, 6.07) is 5.95. The molecule has 32 heavy (non-hydrogen) atoms. The third-order valence-electron chi connectivity index (χ3n) is 4.48. The molecule has 0 radical (unpaired) electrons. The van der Waals surface area contributed by atoms with E-state index in [4.69, 9.17) is 0 Å². The van der Waals surface area contributed by atoms with Gasteiger partial charge in [-0.05, 0) is 59.7 Å². The van der Waals surface area contributed by atoms with Crippen molar-refractivity contribution in [3.05, 3.63) is 89.1 Å². The predicted octanol–water partition coefficient (Wildman–Crippen LogP) is 2.78. The molecule has 0 bridgehead atoms. The van der Waals surface area contributed by atoms with Crippen LogP contribution in [0.4, 0.5) is 0 Å². The van der Waals surface area contributed by atoms with E-state index in [0.29, 0.717) is 5.56 Å². The molecular weight excluding hydrogens is 416 g/mol. The Labute approximate surface area is 181 Å². The second-order valence-corrected chi connectivity index (χ2v) is 6.70. The van der Waals surface area contributed by atoms with Crippen LogP contribution < -0.4 is 0 Å². The monoisotopic (exact) mass is 432 g/mol. The zero-order valence-corrected chi connectivity index (χ0v) is 16.4. The van der Waals surface area contributed by atoms with E-state index in [-0.39, 0.29) is 11.3 Å². The van der Waals surface area contributed by atoms with E-state index in [9.17, 15) is 39.6 Å². The third kappa shape index (κ3) is 4.71. The summed E-state index contributed by atoms with van der Waals surface area (Å²) in [5, 5.41) is 39.2. The summed E-state index contributed by atoms with van der Waals surface area (Å²) in [7, 11) is 0. The van der Waals surface area contributed by atoms with Crippen LogP contribution in [0.25, 0.3) is 6.08 Å². The third-order valence-corrected chi connectivity index (χ3v) is 4.48. The highest BCUT2D eigenvalue weighted by Crippen LogP contribution is 2.31. The number of aromatic hydroxyl groups is 4. The number of allylic oxidation sites excluding steroid dienone is 7. The maximum Gasteiger partial charge on any atom is 0.226 e. The number of carbonyl (C=O) groups excluding carboxylic acids is 4. The van der Waals surface area contributed by atoms with E-state index in [1.807, 2.05) is 0 Å². The summed E-state index contributed by atoms with van der Waals surface area (Å²) in [5.74, 6) is -4.89. The summed E-state index contributed by atoms with van der Waals surface area (Å²) in [5.41, 5.74) is -0.274. The minimum Gasteiger partial charge on any atom is -0.507 e. The number of rotatable bonds is 6. The second kappa shape index (κ2) is 8.97. The highest BCUT2D eigenvalue weighted by Gasteiger charge is 2.22. The molecule has 8 nitrogen and oxygen atoms in total. The number of hydrogen-bond acceptors (Lipinski definition) is 8. The highest BCUT2D eigenvalue weighted by molar-refractivity contribution is 6.46. The number of carbonyl (C=O) groups is 4. The van der Waals surface area contributed by atoms with Crippen LogP contribution in [0.1, 0.15) is 26.3 Å². The van der Waals surface area contributed by atoms with Gasteiger partial charge in [0.2, 0.25) is 11.6 Å². The lowest BCUT2D eigenvalue weighted by molar-refractivity contribution is -0.131. The summed E-state index contributed by atoms with van der Waals surface area (Å²) >= 11 is 0. The van der Waals surface area contributed by atoms with Gasteiger partial charge in [0, 0.05) is 0 Å². The SMILES string of the molecule is O=C1C=CC(C=CC(=O)c2c(O)ccc(O)c2C(=O)C=Cc2ccc(O)c(O)c2)=CC1=O. The lowest BCUT2D eigenvalue weighted by Gasteiger charge is -2.09. The molecule has 0 saturated heterocycles. The second-order valence-electron chi connectivity index (χ2n) is 6.70. The van der Waals surface area contributed by atoms with Gasteiger partial charge in [-0.3, -0.25) is 19.2 Å². The smallest absolute Gasteiger partial charge is 0.226 e. The first kappa shape index (κ1) is 22.0. The Bertz CT molecular complexity index is 1280. The number of phenols is 4. The van der Waals surface area contributed by atoms with Gasteiger partial charge in [0.1, 0.15) is 11.5 Å². The molecule has 0 amide bonds. The normalized spacial score (nSPS) is 13.7. The summed E-state index contributed by atoms with van der Waals surface area (Å²) < 4.78 is 0. The molecule has 0 saturated carbocycles. The summed E-state index contributed by atoms with van der Waals surface area (Å²) in [4.78, 5) is 48.0. The Hall–Kier alpha value is -4.72. The van der Waals surface area contributed by atoms with Gasteiger partial charge in [-0.15, -0.1) is 0 Å². The minimum absolute atomic E-state index is 0.266. The van der Waals surface area contributed by atoms with E-state index < -0.39 is 51.5 Å².